The first-order valence-electron chi connectivity index (χ1n) is 5.24. The number of hydrogen-bond acceptors (Lipinski definition) is 4. The third kappa shape index (κ3) is 2.58. The molecule has 4 heteroatoms. The predicted octanol–water partition coefficient (Wildman–Crippen LogP) is 1.95. The Morgan fingerprint density at radius 1 is 1.12 bits per heavy atom. The van der Waals surface area contributed by atoms with Crippen molar-refractivity contribution >= 4 is 0 Å². The highest BCUT2D eigenvalue weighted by molar-refractivity contribution is 5.55. The Morgan fingerprint density at radius 2 is 1.81 bits per heavy atom. The SMILES string of the molecule is COc1ccc(CN)c(OC(C)C)c1OC. The summed E-state index contributed by atoms with van der Waals surface area (Å²) >= 11 is 0. The second-order valence-electron chi connectivity index (χ2n) is 3.66. The van der Waals surface area contributed by atoms with Gasteiger partial charge in [-0.05, 0) is 19.9 Å². The van der Waals surface area contributed by atoms with Crippen LogP contribution in [0.2, 0.25) is 0 Å². The highest BCUT2D eigenvalue weighted by Gasteiger charge is 2.16. The largest absolute Gasteiger partial charge is 0.493 e. The van der Waals surface area contributed by atoms with Crippen LogP contribution < -0.4 is 19.9 Å². The van der Waals surface area contributed by atoms with Gasteiger partial charge in [0.2, 0.25) is 5.75 Å². The molecular formula is C12H19NO3. The Hall–Kier alpha value is -1.42. The van der Waals surface area contributed by atoms with Gasteiger partial charge in [0.15, 0.2) is 11.5 Å². The van der Waals surface area contributed by atoms with Crippen LogP contribution in [0.25, 0.3) is 0 Å². The molecule has 0 radical (unpaired) electrons. The monoisotopic (exact) mass is 225 g/mol. The first-order chi connectivity index (χ1) is 7.63. The second kappa shape index (κ2) is 5.61. The highest BCUT2D eigenvalue weighted by atomic mass is 16.5. The van der Waals surface area contributed by atoms with E-state index in [2.05, 4.69) is 0 Å². The first-order valence-corrected chi connectivity index (χ1v) is 5.24. The molecule has 0 aliphatic carbocycles. The van der Waals surface area contributed by atoms with Gasteiger partial charge < -0.3 is 19.9 Å². The van der Waals surface area contributed by atoms with Gasteiger partial charge in [0, 0.05) is 12.1 Å². The van der Waals surface area contributed by atoms with E-state index in [-0.39, 0.29) is 6.10 Å². The fourth-order valence-corrected chi connectivity index (χ4v) is 1.47. The van der Waals surface area contributed by atoms with Crippen LogP contribution in [0.4, 0.5) is 0 Å². The molecule has 16 heavy (non-hydrogen) atoms. The summed E-state index contributed by atoms with van der Waals surface area (Å²) in [6.45, 7) is 4.32. The molecule has 0 saturated heterocycles. The Kier molecular flexibility index (Phi) is 4.43. The zero-order chi connectivity index (χ0) is 12.1. The zero-order valence-electron chi connectivity index (χ0n) is 10.2. The summed E-state index contributed by atoms with van der Waals surface area (Å²) in [6, 6.07) is 3.72. The van der Waals surface area contributed by atoms with E-state index in [1.807, 2.05) is 26.0 Å². The molecule has 0 spiro atoms. The van der Waals surface area contributed by atoms with E-state index in [1.165, 1.54) is 0 Å². The van der Waals surface area contributed by atoms with Crippen molar-refractivity contribution in [2.24, 2.45) is 5.73 Å². The molecule has 1 rings (SSSR count). The van der Waals surface area contributed by atoms with E-state index in [0.717, 1.165) is 5.56 Å². The molecule has 0 aromatic heterocycles. The minimum absolute atomic E-state index is 0.0614. The predicted molar refractivity (Wildman–Crippen MR) is 63.2 cm³/mol. The normalized spacial score (nSPS) is 10.4. The van der Waals surface area contributed by atoms with Gasteiger partial charge in [-0.1, -0.05) is 6.07 Å². The molecular weight excluding hydrogens is 206 g/mol. The number of hydrogen-bond donors (Lipinski definition) is 1. The lowest BCUT2D eigenvalue weighted by atomic mass is 10.1. The molecule has 0 amide bonds. The van der Waals surface area contributed by atoms with Crippen LogP contribution in [-0.4, -0.2) is 20.3 Å². The Balaban J connectivity index is 3.25. The topological polar surface area (TPSA) is 53.7 Å². The smallest absolute Gasteiger partial charge is 0.203 e. The van der Waals surface area contributed by atoms with Crippen molar-refractivity contribution in [3.05, 3.63) is 17.7 Å². The lowest BCUT2D eigenvalue weighted by Gasteiger charge is -2.18. The number of nitrogens with two attached hydrogens (primary N) is 1. The van der Waals surface area contributed by atoms with Gasteiger partial charge in [-0.25, -0.2) is 0 Å². The minimum atomic E-state index is 0.0614. The summed E-state index contributed by atoms with van der Waals surface area (Å²) in [5.41, 5.74) is 6.57. The Bertz CT molecular complexity index is 350. The van der Waals surface area contributed by atoms with Crippen LogP contribution in [0.5, 0.6) is 17.2 Å². The Labute approximate surface area is 96.3 Å². The average molecular weight is 225 g/mol. The van der Waals surface area contributed by atoms with Crippen LogP contribution in [0.3, 0.4) is 0 Å². The highest BCUT2D eigenvalue weighted by Crippen LogP contribution is 2.40. The minimum Gasteiger partial charge on any atom is -0.493 e. The number of methoxy groups -OCH3 is 2. The summed E-state index contributed by atoms with van der Waals surface area (Å²) in [5, 5.41) is 0. The molecule has 0 aliphatic heterocycles. The quantitative estimate of drug-likeness (QED) is 0.832. The molecule has 2 N–H and O–H groups in total. The summed E-state index contributed by atoms with van der Waals surface area (Å²) in [4.78, 5) is 0. The van der Waals surface area contributed by atoms with Crippen LogP contribution in [0, 0.1) is 0 Å². The Morgan fingerprint density at radius 3 is 2.25 bits per heavy atom. The van der Waals surface area contributed by atoms with Crippen molar-refractivity contribution in [2.75, 3.05) is 14.2 Å². The maximum absolute atomic E-state index is 5.72. The van der Waals surface area contributed by atoms with E-state index in [1.54, 1.807) is 14.2 Å². The van der Waals surface area contributed by atoms with E-state index >= 15 is 0 Å². The summed E-state index contributed by atoms with van der Waals surface area (Å²) in [5.74, 6) is 1.91. The van der Waals surface area contributed by atoms with Gasteiger partial charge in [0.05, 0.1) is 20.3 Å². The van der Waals surface area contributed by atoms with Crippen LogP contribution in [0.1, 0.15) is 19.4 Å². The molecule has 0 fully saturated rings. The number of rotatable bonds is 5. The molecule has 0 bridgehead atoms. The molecule has 0 aliphatic rings. The van der Waals surface area contributed by atoms with Crippen molar-refractivity contribution in [3.8, 4) is 17.2 Å². The summed E-state index contributed by atoms with van der Waals surface area (Å²) in [6.07, 6.45) is 0.0614. The van der Waals surface area contributed by atoms with Crippen LogP contribution in [0.15, 0.2) is 12.1 Å². The summed E-state index contributed by atoms with van der Waals surface area (Å²) < 4.78 is 16.2. The molecule has 90 valence electrons. The lowest BCUT2D eigenvalue weighted by molar-refractivity contribution is 0.224. The van der Waals surface area contributed by atoms with Crippen LogP contribution in [-0.2, 0) is 6.54 Å². The third-order valence-corrected chi connectivity index (χ3v) is 2.16. The molecule has 1 aromatic carbocycles. The molecule has 0 atom stereocenters. The van der Waals surface area contributed by atoms with Gasteiger partial charge in [0.25, 0.3) is 0 Å². The maximum atomic E-state index is 5.72. The molecule has 4 nitrogen and oxygen atoms in total. The fourth-order valence-electron chi connectivity index (χ4n) is 1.47. The molecule has 0 unspecified atom stereocenters. The van der Waals surface area contributed by atoms with Gasteiger partial charge in [-0.2, -0.15) is 0 Å². The van der Waals surface area contributed by atoms with E-state index in [4.69, 9.17) is 19.9 Å². The maximum Gasteiger partial charge on any atom is 0.203 e. The van der Waals surface area contributed by atoms with Crippen molar-refractivity contribution in [3.63, 3.8) is 0 Å². The third-order valence-electron chi connectivity index (χ3n) is 2.16. The second-order valence-corrected chi connectivity index (χ2v) is 3.66. The van der Waals surface area contributed by atoms with Gasteiger partial charge in [-0.15, -0.1) is 0 Å². The lowest BCUT2D eigenvalue weighted by Crippen LogP contribution is -2.11. The van der Waals surface area contributed by atoms with Crippen molar-refractivity contribution in [1.29, 1.82) is 0 Å². The number of ether oxygens (including phenoxy) is 3. The van der Waals surface area contributed by atoms with E-state index in [9.17, 15) is 0 Å². The number of benzene rings is 1. The fraction of sp³-hybridized carbons (Fsp3) is 0.500. The van der Waals surface area contributed by atoms with E-state index < -0.39 is 0 Å². The summed E-state index contributed by atoms with van der Waals surface area (Å²) in [7, 11) is 3.18. The van der Waals surface area contributed by atoms with Gasteiger partial charge in [-0.3, -0.25) is 0 Å². The van der Waals surface area contributed by atoms with Gasteiger partial charge >= 0.3 is 0 Å². The van der Waals surface area contributed by atoms with E-state index in [0.29, 0.717) is 23.8 Å². The molecule has 0 saturated carbocycles. The first kappa shape index (κ1) is 12.6. The van der Waals surface area contributed by atoms with Crippen molar-refractivity contribution in [1.82, 2.24) is 0 Å². The zero-order valence-corrected chi connectivity index (χ0v) is 10.2. The van der Waals surface area contributed by atoms with Gasteiger partial charge in [0.1, 0.15) is 0 Å². The average Bonchev–Trinajstić information content (AvgIpc) is 2.27. The van der Waals surface area contributed by atoms with Crippen LogP contribution >= 0.6 is 0 Å². The van der Waals surface area contributed by atoms with Crippen molar-refractivity contribution < 1.29 is 14.2 Å². The molecule has 1 aromatic rings. The standard InChI is InChI=1S/C12H19NO3/c1-8(2)16-11-9(7-13)5-6-10(14-3)12(11)15-4/h5-6,8H,7,13H2,1-4H3. The van der Waals surface area contributed by atoms with Crippen molar-refractivity contribution in [2.45, 2.75) is 26.5 Å². The molecule has 0 heterocycles.